The van der Waals surface area contributed by atoms with Crippen LogP contribution < -0.4 is 0 Å². The SMILES string of the molecule is C=Cc1ccc(-c2ccc(-c3ccc(COC(=C)/C(F)=C\C(=C)OCC)cc3)c(F)c2F)cc1. The van der Waals surface area contributed by atoms with Crippen molar-refractivity contribution in [3.05, 3.63) is 127 Å². The van der Waals surface area contributed by atoms with Crippen LogP contribution in [0.15, 0.2) is 104 Å². The quantitative estimate of drug-likeness (QED) is 0.223. The molecule has 3 aromatic carbocycles. The van der Waals surface area contributed by atoms with Gasteiger partial charge in [0.2, 0.25) is 0 Å². The highest BCUT2D eigenvalue weighted by Gasteiger charge is 2.16. The summed E-state index contributed by atoms with van der Waals surface area (Å²) in [5, 5.41) is 0. The van der Waals surface area contributed by atoms with E-state index in [0.717, 1.165) is 11.6 Å². The van der Waals surface area contributed by atoms with E-state index in [1.54, 1.807) is 73.7 Å². The van der Waals surface area contributed by atoms with Crippen LogP contribution in [-0.2, 0) is 16.1 Å². The van der Waals surface area contributed by atoms with E-state index in [-0.39, 0.29) is 29.3 Å². The molecular weight excluding hydrogens is 437 g/mol. The maximum Gasteiger partial charge on any atom is 0.168 e. The van der Waals surface area contributed by atoms with Gasteiger partial charge < -0.3 is 9.47 Å². The summed E-state index contributed by atoms with van der Waals surface area (Å²) in [5.74, 6) is -2.52. The first kappa shape index (κ1) is 24.6. The molecule has 0 aliphatic heterocycles. The Hall–Kier alpha value is -3.99. The summed E-state index contributed by atoms with van der Waals surface area (Å²) in [6.07, 6.45) is 2.78. The molecule has 3 rings (SSSR count). The number of rotatable bonds is 10. The average Bonchev–Trinajstić information content (AvgIpc) is 2.85. The van der Waals surface area contributed by atoms with Crippen LogP contribution in [0.5, 0.6) is 0 Å². The minimum atomic E-state index is -0.926. The van der Waals surface area contributed by atoms with Crippen LogP contribution in [0, 0.1) is 11.6 Å². The largest absolute Gasteiger partial charge is 0.494 e. The molecule has 174 valence electrons. The summed E-state index contributed by atoms with van der Waals surface area (Å²) in [6, 6.07) is 16.8. The van der Waals surface area contributed by atoms with E-state index in [4.69, 9.17) is 9.47 Å². The van der Waals surface area contributed by atoms with Crippen LogP contribution in [-0.4, -0.2) is 6.61 Å². The topological polar surface area (TPSA) is 18.5 Å². The molecule has 0 aromatic heterocycles. The van der Waals surface area contributed by atoms with Crippen LogP contribution in [0.25, 0.3) is 28.3 Å². The van der Waals surface area contributed by atoms with E-state index in [1.807, 2.05) is 0 Å². The predicted molar refractivity (Wildman–Crippen MR) is 131 cm³/mol. The summed E-state index contributed by atoms with van der Waals surface area (Å²) in [6.45, 7) is 13.0. The molecule has 5 heteroatoms. The lowest BCUT2D eigenvalue weighted by molar-refractivity contribution is 0.195. The molecule has 0 bridgehead atoms. The van der Waals surface area contributed by atoms with Gasteiger partial charge in [-0.05, 0) is 29.2 Å². The second-order valence-corrected chi connectivity index (χ2v) is 7.42. The zero-order valence-electron chi connectivity index (χ0n) is 18.9. The van der Waals surface area contributed by atoms with Crippen LogP contribution in [0.1, 0.15) is 18.1 Å². The van der Waals surface area contributed by atoms with Crippen molar-refractivity contribution < 1.29 is 22.6 Å². The van der Waals surface area contributed by atoms with Gasteiger partial charge in [-0.25, -0.2) is 13.2 Å². The molecule has 0 fully saturated rings. The van der Waals surface area contributed by atoms with Crippen molar-refractivity contribution in [1.82, 2.24) is 0 Å². The van der Waals surface area contributed by atoms with Gasteiger partial charge in [0.05, 0.1) is 6.61 Å². The van der Waals surface area contributed by atoms with Gasteiger partial charge in [-0.3, -0.25) is 0 Å². The van der Waals surface area contributed by atoms with E-state index in [2.05, 4.69) is 19.7 Å². The first-order valence-electron chi connectivity index (χ1n) is 10.6. The number of benzene rings is 3. The van der Waals surface area contributed by atoms with E-state index in [0.29, 0.717) is 23.3 Å². The molecule has 0 aliphatic rings. The Balaban J connectivity index is 1.72. The Bertz CT molecular complexity index is 1220. The van der Waals surface area contributed by atoms with Crippen LogP contribution >= 0.6 is 0 Å². The smallest absolute Gasteiger partial charge is 0.168 e. The van der Waals surface area contributed by atoms with Gasteiger partial charge in [0, 0.05) is 17.2 Å². The molecule has 0 aliphatic carbocycles. The van der Waals surface area contributed by atoms with Crippen molar-refractivity contribution in [1.29, 1.82) is 0 Å². The van der Waals surface area contributed by atoms with E-state index >= 15 is 0 Å². The third kappa shape index (κ3) is 5.87. The van der Waals surface area contributed by atoms with Gasteiger partial charge >= 0.3 is 0 Å². The number of ether oxygens (including phenoxy) is 2. The Labute approximate surface area is 198 Å². The lowest BCUT2D eigenvalue weighted by Crippen LogP contribution is -1.96. The third-order valence-electron chi connectivity index (χ3n) is 5.10. The van der Waals surface area contributed by atoms with Crippen molar-refractivity contribution in [2.75, 3.05) is 6.61 Å². The maximum atomic E-state index is 14.9. The Morgan fingerprint density at radius 1 is 0.824 bits per heavy atom. The number of halogens is 3. The summed E-state index contributed by atoms with van der Waals surface area (Å²) < 4.78 is 54.2. The van der Waals surface area contributed by atoms with Gasteiger partial charge in [0.25, 0.3) is 0 Å². The fourth-order valence-corrected chi connectivity index (χ4v) is 3.26. The predicted octanol–water partition coefficient (Wildman–Crippen LogP) is 8.38. The van der Waals surface area contributed by atoms with Crippen molar-refractivity contribution in [3.8, 4) is 22.3 Å². The van der Waals surface area contributed by atoms with Crippen molar-refractivity contribution >= 4 is 6.08 Å². The Morgan fingerprint density at radius 2 is 1.35 bits per heavy atom. The molecule has 34 heavy (non-hydrogen) atoms. The first-order chi connectivity index (χ1) is 16.3. The van der Waals surface area contributed by atoms with Gasteiger partial charge in [-0.15, -0.1) is 0 Å². The van der Waals surface area contributed by atoms with Crippen molar-refractivity contribution in [2.24, 2.45) is 0 Å². The molecule has 0 saturated heterocycles. The minimum Gasteiger partial charge on any atom is -0.494 e. The minimum absolute atomic E-state index is 0.0535. The van der Waals surface area contributed by atoms with Gasteiger partial charge in [-0.2, -0.15) is 0 Å². The van der Waals surface area contributed by atoms with E-state index in [9.17, 15) is 13.2 Å². The lowest BCUT2D eigenvalue weighted by Gasteiger charge is -2.11. The molecule has 0 amide bonds. The normalized spacial score (nSPS) is 11.1. The highest BCUT2D eigenvalue weighted by Crippen LogP contribution is 2.32. The Kier molecular flexibility index (Phi) is 8.14. The van der Waals surface area contributed by atoms with Crippen molar-refractivity contribution in [3.63, 3.8) is 0 Å². The average molecular weight is 463 g/mol. The molecule has 0 spiro atoms. The second-order valence-electron chi connectivity index (χ2n) is 7.42. The fraction of sp³-hybridized carbons (Fsp3) is 0.103. The van der Waals surface area contributed by atoms with Gasteiger partial charge in [0.1, 0.15) is 18.1 Å². The summed E-state index contributed by atoms with van der Waals surface area (Å²) in [5.41, 5.74) is 3.01. The molecule has 0 unspecified atom stereocenters. The van der Waals surface area contributed by atoms with Gasteiger partial charge in [-0.1, -0.05) is 86.5 Å². The van der Waals surface area contributed by atoms with Crippen molar-refractivity contribution in [2.45, 2.75) is 13.5 Å². The molecule has 0 saturated carbocycles. The van der Waals surface area contributed by atoms with Crippen LogP contribution in [0.3, 0.4) is 0 Å². The molecule has 3 aromatic rings. The monoisotopic (exact) mass is 462 g/mol. The molecule has 2 nitrogen and oxygen atoms in total. The van der Waals surface area contributed by atoms with Crippen LogP contribution in [0.4, 0.5) is 13.2 Å². The standard InChI is InChI=1S/C29H25F3O2/c1-5-21-7-11-23(12-8-21)25-15-16-26(29(32)28(25)31)24-13-9-22(10-14-24)18-34-20(4)27(30)17-19(3)33-6-2/h5,7-17H,1,3-4,6,18H2,2H3/b27-17+. The highest BCUT2D eigenvalue weighted by atomic mass is 19.2. The Morgan fingerprint density at radius 3 is 1.85 bits per heavy atom. The third-order valence-corrected chi connectivity index (χ3v) is 5.10. The summed E-state index contributed by atoms with van der Waals surface area (Å²) in [4.78, 5) is 0. The maximum absolute atomic E-state index is 14.9. The fourth-order valence-electron chi connectivity index (χ4n) is 3.26. The number of hydrogen-bond acceptors (Lipinski definition) is 2. The first-order valence-corrected chi connectivity index (χ1v) is 10.6. The lowest BCUT2D eigenvalue weighted by atomic mass is 9.97. The molecule has 0 atom stereocenters. The highest BCUT2D eigenvalue weighted by molar-refractivity contribution is 5.72. The zero-order valence-corrected chi connectivity index (χ0v) is 18.9. The van der Waals surface area contributed by atoms with E-state index in [1.165, 1.54) is 0 Å². The molecule has 0 heterocycles. The van der Waals surface area contributed by atoms with Gasteiger partial charge in [0.15, 0.2) is 17.5 Å². The second kappa shape index (κ2) is 11.2. The summed E-state index contributed by atoms with van der Waals surface area (Å²) in [7, 11) is 0. The molecule has 0 N–H and O–H groups in total. The van der Waals surface area contributed by atoms with E-state index < -0.39 is 17.5 Å². The molecular formula is C29H25F3O2. The molecule has 0 radical (unpaired) electrons. The number of hydrogen-bond donors (Lipinski definition) is 0. The summed E-state index contributed by atoms with van der Waals surface area (Å²) >= 11 is 0. The number of allylic oxidation sites excluding steroid dienone is 2. The van der Waals surface area contributed by atoms with Crippen LogP contribution in [0.2, 0.25) is 0 Å². The zero-order chi connectivity index (χ0) is 24.7.